The Bertz CT molecular complexity index is 748. The maximum absolute atomic E-state index is 5.47. The van der Waals surface area contributed by atoms with Crippen LogP contribution in [0.25, 0.3) is 22.4 Å². The molecule has 0 atom stereocenters. The van der Waals surface area contributed by atoms with Gasteiger partial charge in [0.25, 0.3) is 0 Å². The van der Waals surface area contributed by atoms with Crippen LogP contribution in [0.2, 0.25) is 0 Å². The summed E-state index contributed by atoms with van der Waals surface area (Å²) in [4.78, 5) is 13.1. The summed E-state index contributed by atoms with van der Waals surface area (Å²) in [5, 5.41) is 2.96. The summed E-state index contributed by atoms with van der Waals surface area (Å²) in [5.74, 6) is 1.29. The Labute approximate surface area is 110 Å². The van der Waals surface area contributed by atoms with Crippen LogP contribution in [0.5, 0.6) is 0 Å². The molecule has 0 fully saturated rings. The van der Waals surface area contributed by atoms with E-state index in [0.29, 0.717) is 11.8 Å². The number of fused-ring (bicyclic) bond motifs is 1. The zero-order chi connectivity index (χ0) is 13.4. The molecule has 0 unspecified atom stereocenters. The largest absolute Gasteiger partial charge is 0.441 e. The molecule has 0 aliphatic heterocycles. The molecule has 0 spiro atoms. The maximum atomic E-state index is 5.47. The van der Waals surface area contributed by atoms with E-state index in [9.17, 15) is 0 Å². The lowest BCUT2D eigenvalue weighted by molar-refractivity contribution is 0.561. The predicted molar refractivity (Wildman–Crippen MR) is 74.1 cm³/mol. The smallest absolute Gasteiger partial charge is 0.223 e. The molecular weight excluding hydrogens is 240 g/mol. The van der Waals surface area contributed by atoms with Crippen LogP contribution < -0.4 is 5.32 Å². The first-order valence-electron chi connectivity index (χ1n) is 6.07. The average molecular weight is 254 g/mol. The van der Waals surface area contributed by atoms with Crippen molar-refractivity contribution in [2.75, 3.05) is 12.4 Å². The number of aromatic nitrogens is 3. The first-order valence-corrected chi connectivity index (χ1v) is 6.07. The van der Waals surface area contributed by atoms with Crippen molar-refractivity contribution >= 4 is 17.0 Å². The molecule has 0 radical (unpaired) electrons. The third-order valence-corrected chi connectivity index (χ3v) is 2.87. The molecule has 0 saturated carbocycles. The Hall–Kier alpha value is -2.43. The Morgan fingerprint density at radius 2 is 1.89 bits per heavy atom. The van der Waals surface area contributed by atoms with Gasteiger partial charge in [0.1, 0.15) is 5.52 Å². The molecule has 3 rings (SSSR count). The normalized spacial score (nSPS) is 10.9. The fraction of sp³-hybridized carbons (Fsp3) is 0.214. The van der Waals surface area contributed by atoms with Gasteiger partial charge in [-0.1, -0.05) is 0 Å². The van der Waals surface area contributed by atoms with Crippen molar-refractivity contribution in [3.8, 4) is 11.3 Å². The summed E-state index contributed by atoms with van der Waals surface area (Å²) in [7, 11) is 1.81. The average Bonchev–Trinajstić information content (AvgIpc) is 2.76. The topological polar surface area (TPSA) is 63.8 Å². The molecule has 2 heterocycles. The summed E-state index contributed by atoms with van der Waals surface area (Å²) in [6.45, 7) is 3.79. The second-order valence-electron chi connectivity index (χ2n) is 4.38. The van der Waals surface area contributed by atoms with Gasteiger partial charge >= 0.3 is 0 Å². The molecule has 2 aromatic heterocycles. The second-order valence-corrected chi connectivity index (χ2v) is 4.38. The van der Waals surface area contributed by atoms with Crippen molar-refractivity contribution in [1.82, 2.24) is 15.0 Å². The fourth-order valence-corrected chi connectivity index (χ4v) is 2.03. The number of hydrogen-bond acceptors (Lipinski definition) is 5. The Morgan fingerprint density at radius 3 is 2.68 bits per heavy atom. The highest BCUT2D eigenvalue weighted by Crippen LogP contribution is 2.24. The van der Waals surface area contributed by atoms with E-state index in [2.05, 4.69) is 20.3 Å². The lowest BCUT2D eigenvalue weighted by Crippen LogP contribution is -1.99. The highest BCUT2D eigenvalue weighted by Gasteiger charge is 2.07. The third kappa shape index (κ3) is 2.14. The van der Waals surface area contributed by atoms with Crippen molar-refractivity contribution in [2.45, 2.75) is 13.8 Å². The van der Waals surface area contributed by atoms with Gasteiger partial charge in [-0.05, 0) is 31.2 Å². The van der Waals surface area contributed by atoms with Crippen LogP contribution in [0.3, 0.4) is 0 Å². The first-order chi connectivity index (χ1) is 9.15. The molecule has 1 N–H and O–H groups in total. The zero-order valence-electron chi connectivity index (χ0n) is 11.1. The van der Waals surface area contributed by atoms with Gasteiger partial charge in [-0.3, -0.25) is 0 Å². The summed E-state index contributed by atoms with van der Waals surface area (Å²) < 4.78 is 5.47. The standard InChI is InChI=1S/C14H14N4O/c1-8-6-11(18-14(15-3)16-8)10-4-5-13-12(7-10)17-9(2)19-13/h4-7H,1-3H3,(H,15,16,18). The van der Waals surface area contributed by atoms with E-state index < -0.39 is 0 Å². The van der Waals surface area contributed by atoms with Gasteiger partial charge in [-0.25, -0.2) is 15.0 Å². The lowest BCUT2D eigenvalue weighted by Gasteiger charge is -2.05. The van der Waals surface area contributed by atoms with Crippen molar-refractivity contribution < 1.29 is 4.42 Å². The van der Waals surface area contributed by atoms with Crippen LogP contribution in [-0.4, -0.2) is 22.0 Å². The maximum Gasteiger partial charge on any atom is 0.223 e. The molecule has 1 aromatic carbocycles. The van der Waals surface area contributed by atoms with Gasteiger partial charge in [-0.15, -0.1) is 0 Å². The van der Waals surface area contributed by atoms with E-state index in [4.69, 9.17) is 4.42 Å². The summed E-state index contributed by atoms with van der Waals surface area (Å²) in [6.07, 6.45) is 0. The minimum absolute atomic E-state index is 0.617. The van der Waals surface area contributed by atoms with Gasteiger partial charge in [-0.2, -0.15) is 0 Å². The molecule has 0 aliphatic rings. The van der Waals surface area contributed by atoms with Gasteiger partial charge in [0.2, 0.25) is 5.95 Å². The number of rotatable bonds is 2. The Morgan fingerprint density at radius 1 is 1.05 bits per heavy atom. The number of nitrogens with one attached hydrogen (secondary N) is 1. The minimum atomic E-state index is 0.617. The summed E-state index contributed by atoms with van der Waals surface area (Å²) >= 11 is 0. The van der Waals surface area contributed by atoms with E-state index in [1.807, 2.05) is 45.2 Å². The quantitative estimate of drug-likeness (QED) is 0.761. The first kappa shape index (κ1) is 11.6. The molecular formula is C14H14N4O. The van der Waals surface area contributed by atoms with Crippen LogP contribution in [0.4, 0.5) is 5.95 Å². The van der Waals surface area contributed by atoms with Crippen molar-refractivity contribution in [2.24, 2.45) is 0 Å². The zero-order valence-corrected chi connectivity index (χ0v) is 11.1. The third-order valence-electron chi connectivity index (χ3n) is 2.87. The molecule has 0 aliphatic carbocycles. The number of hydrogen-bond donors (Lipinski definition) is 1. The van der Waals surface area contributed by atoms with Crippen LogP contribution in [0.15, 0.2) is 28.7 Å². The van der Waals surface area contributed by atoms with E-state index >= 15 is 0 Å². The number of oxazole rings is 1. The molecule has 5 nitrogen and oxygen atoms in total. The number of nitrogens with zero attached hydrogens (tertiary/aromatic N) is 3. The van der Waals surface area contributed by atoms with E-state index in [1.54, 1.807) is 0 Å². The van der Waals surface area contributed by atoms with Crippen LogP contribution in [-0.2, 0) is 0 Å². The van der Waals surface area contributed by atoms with Crippen LogP contribution >= 0.6 is 0 Å². The minimum Gasteiger partial charge on any atom is -0.441 e. The molecule has 5 heteroatoms. The molecule has 0 bridgehead atoms. The van der Waals surface area contributed by atoms with Gasteiger partial charge in [0.05, 0.1) is 5.69 Å². The van der Waals surface area contributed by atoms with Gasteiger partial charge < -0.3 is 9.73 Å². The molecule has 0 amide bonds. The predicted octanol–water partition coefficient (Wildman–Crippen LogP) is 2.94. The SMILES string of the molecule is CNc1nc(C)cc(-c2ccc3oc(C)nc3c2)n1. The van der Waals surface area contributed by atoms with Gasteiger partial charge in [0.15, 0.2) is 11.5 Å². The van der Waals surface area contributed by atoms with Crippen molar-refractivity contribution in [1.29, 1.82) is 0 Å². The highest BCUT2D eigenvalue weighted by molar-refractivity contribution is 5.79. The second kappa shape index (κ2) is 4.35. The Balaban J connectivity index is 2.15. The lowest BCUT2D eigenvalue weighted by atomic mass is 10.1. The monoisotopic (exact) mass is 254 g/mol. The Kier molecular flexibility index (Phi) is 2.67. The number of aryl methyl sites for hydroxylation is 2. The van der Waals surface area contributed by atoms with Crippen molar-refractivity contribution in [3.05, 3.63) is 35.9 Å². The van der Waals surface area contributed by atoms with E-state index in [0.717, 1.165) is 28.1 Å². The fourth-order valence-electron chi connectivity index (χ4n) is 2.03. The summed E-state index contributed by atoms with van der Waals surface area (Å²) in [5.41, 5.74) is 4.44. The molecule has 19 heavy (non-hydrogen) atoms. The molecule has 3 aromatic rings. The molecule has 0 saturated heterocycles. The van der Waals surface area contributed by atoms with Crippen LogP contribution in [0.1, 0.15) is 11.6 Å². The highest BCUT2D eigenvalue weighted by atomic mass is 16.3. The van der Waals surface area contributed by atoms with Gasteiger partial charge in [0, 0.05) is 25.2 Å². The molecule has 96 valence electrons. The van der Waals surface area contributed by atoms with Crippen LogP contribution in [0, 0.1) is 13.8 Å². The van der Waals surface area contributed by atoms with E-state index in [-0.39, 0.29) is 0 Å². The van der Waals surface area contributed by atoms with E-state index in [1.165, 1.54) is 0 Å². The summed E-state index contributed by atoms with van der Waals surface area (Å²) in [6, 6.07) is 7.83. The van der Waals surface area contributed by atoms with Crippen molar-refractivity contribution in [3.63, 3.8) is 0 Å². The number of benzene rings is 1. The number of anilines is 1.